The number of hydrogen-bond acceptors (Lipinski definition) is 2. The molecule has 3 heteroatoms. The number of rotatable bonds is 4. The van der Waals surface area contributed by atoms with Crippen LogP contribution in [-0.4, -0.2) is 23.4 Å². The predicted octanol–water partition coefficient (Wildman–Crippen LogP) is 3.21. The van der Waals surface area contributed by atoms with Gasteiger partial charge in [0.25, 0.3) is 0 Å². The SMILES string of the molecule is [CH3][Sn]([CH3])([CH3])[c]1cncc(OCc2ccccc2)c1. The number of pyridine rings is 1. The molecule has 2 aromatic rings. The summed E-state index contributed by atoms with van der Waals surface area (Å²) >= 11 is -2.04. The molecule has 2 rings (SSSR count). The minimum absolute atomic E-state index is 0.603. The summed E-state index contributed by atoms with van der Waals surface area (Å²) in [5, 5.41) is 0. The van der Waals surface area contributed by atoms with Crippen LogP contribution in [0.5, 0.6) is 5.75 Å². The van der Waals surface area contributed by atoms with Crippen molar-refractivity contribution in [3.05, 3.63) is 54.4 Å². The van der Waals surface area contributed by atoms with Gasteiger partial charge in [-0.25, -0.2) is 0 Å². The zero-order valence-corrected chi connectivity index (χ0v) is 14.0. The number of aromatic nitrogens is 1. The van der Waals surface area contributed by atoms with E-state index in [2.05, 4.69) is 38.0 Å². The maximum absolute atomic E-state index is 5.80. The molecule has 0 bridgehead atoms. The molecule has 2 nitrogen and oxygen atoms in total. The number of hydrogen-bond donors (Lipinski definition) is 0. The molecular formula is C15H19NOSn. The van der Waals surface area contributed by atoms with Gasteiger partial charge in [-0.3, -0.25) is 0 Å². The normalized spacial score (nSPS) is 11.3. The van der Waals surface area contributed by atoms with Gasteiger partial charge >= 0.3 is 113 Å². The van der Waals surface area contributed by atoms with E-state index in [1.54, 1.807) is 6.20 Å². The fraction of sp³-hybridized carbons (Fsp3) is 0.267. The van der Waals surface area contributed by atoms with E-state index in [4.69, 9.17) is 4.74 Å². The van der Waals surface area contributed by atoms with E-state index in [0.29, 0.717) is 6.61 Å². The summed E-state index contributed by atoms with van der Waals surface area (Å²) in [5.74, 6) is 0.878. The van der Waals surface area contributed by atoms with Crippen LogP contribution in [0.1, 0.15) is 5.56 Å². The Bertz CT molecular complexity index is 505. The van der Waals surface area contributed by atoms with Crippen LogP contribution < -0.4 is 8.32 Å². The third-order valence-electron chi connectivity index (χ3n) is 2.83. The van der Waals surface area contributed by atoms with Crippen molar-refractivity contribution in [3.63, 3.8) is 0 Å². The Morgan fingerprint density at radius 3 is 2.44 bits per heavy atom. The van der Waals surface area contributed by atoms with Crippen molar-refractivity contribution in [2.45, 2.75) is 21.4 Å². The molecule has 1 aromatic carbocycles. The molecule has 0 amide bonds. The molecule has 0 aliphatic carbocycles. The summed E-state index contributed by atoms with van der Waals surface area (Å²) in [6.45, 7) is 0.603. The fourth-order valence-corrected chi connectivity index (χ4v) is 4.61. The van der Waals surface area contributed by atoms with Gasteiger partial charge in [-0.1, -0.05) is 0 Å². The van der Waals surface area contributed by atoms with Gasteiger partial charge in [0.05, 0.1) is 0 Å². The standard InChI is InChI=1S/C12H10NO.3CH3.Sn/c1-2-5-11(6-3-1)10-14-12-7-4-8-13-9-12;;;;/h1-3,5-9H,10H2;3*1H3;. The average Bonchev–Trinajstić information content (AvgIpc) is 2.37. The van der Waals surface area contributed by atoms with Gasteiger partial charge in [0.2, 0.25) is 0 Å². The molecule has 0 aliphatic heterocycles. The maximum atomic E-state index is 5.80. The van der Waals surface area contributed by atoms with Crippen LogP contribution in [-0.2, 0) is 6.61 Å². The van der Waals surface area contributed by atoms with Crippen molar-refractivity contribution in [2.24, 2.45) is 0 Å². The summed E-state index contributed by atoms with van der Waals surface area (Å²) in [7, 11) is 0. The Balaban J connectivity index is 2.06. The summed E-state index contributed by atoms with van der Waals surface area (Å²) in [5.41, 5.74) is 1.18. The Morgan fingerprint density at radius 1 is 1.06 bits per heavy atom. The van der Waals surface area contributed by atoms with Crippen LogP contribution in [0.4, 0.5) is 0 Å². The molecule has 0 saturated carbocycles. The second kappa shape index (κ2) is 5.74. The van der Waals surface area contributed by atoms with E-state index >= 15 is 0 Å². The second-order valence-electron chi connectivity index (χ2n) is 5.43. The predicted molar refractivity (Wildman–Crippen MR) is 78.0 cm³/mol. The first-order chi connectivity index (χ1) is 8.55. The Morgan fingerprint density at radius 2 is 1.78 bits per heavy atom. The molecule has 0 spiro atoms. The van der Waals surface area contributed by atoms with Gasteiger partial charge in [0.1, 0.15) is 0 Å². The monoisotopic (exact) mass is 349 g/mol. The van der Waals surface area contributed by atoms with Crippen molar-refractivity contribution in [1.29, 1.82) is 0 Å². The molecule has 18 heavy (non-hydrogen) atoms. The molecule has 1 heterocycles. The molecule has 0 aliphatic rings. The first kappa shape index (κ1) is 13.4. The van der Waals surface area contributed by atoms with Crippen LogP contribution in [0.25, 0.3) is 0 Å². The van der Waals surface area contributed by atoms with Crippen molar-refractivity contribution in [1.82, 2.24) is 4.98 Å². The number of benzene rings is 1. The number of ether oxygens (including phenoxy) is 1. The minimum atomic E-state index is -2.04. The van der Waals surface area contributed by atoms with E-state index in [-0.39, 0.29) is 0 Å². The second-order valence-corrected chi connectivity index (χ2v) is 19.9. The summed E-state index contributed by atoms with van der Waals surface area (Å²) < 4.78 is 7.20. The van der Waals surface area contributed by atoms with Gasteiger partial charge in [-0.2, -0.15) is 0 Å². The summed E-state index contributed by atoms with van der Waals surface area (Å²) in [6.07, 6.45) is 3.79. The van der Waals surface area contributed by atoms with Gasteiger partial charge < -0.3 is 0 Å². The van der Waals surface area contributed by atoms with Crippen molar-refractivity contribution in [2.75, 3.05) is 0 Å². The molecule has 0 radical (unpaired) electrons. The zero-order chi connectivity index (χ0) is 13.0. The Labute approximate surface area is 113 Å². The molecule has 0 fully saturated rings. The Hall–Kier alpha value is -1.03. The molecule has 0 unspecified atom stereocenters. The fourth-order valence-electron chi connectivity index (χ4n) is 1.65. The van der Waals surface area contributed by atoms with Gasteiger partial charge in [-0.05, 0) is 0 Å². The van der Waals surface area contributed by atoms with Crippen LogP contribution in [0.15, 0.2) is 48.8 Å². The first-order valence-electron chi connectivity index (χ1n) is 6.18. The molecular weight excluding hydrogens is 329 g/mol. The van der Waals surface area contributed by atoms with Gasteiger partial charge in [0, 0.05) is 0 Å². The molecule has 1 aromatic heterocycles. The van der Waals surface area contributed by atoms with E-state index in [9.17, 15) is 0 Å². The van der Waals surface area contributed by atoms with E-state index in [0.717, 1.165) is 5.75 Å². The van der Waals surface area contributed by atoms with Crippen LogP contribution in [0.3, 0.4) is 0 Å². The topological polar surface area (TPSA) is 22.1 Å². The number of nitrogens with zero attached hydrogens (tertiary/aromatic N) is 1. The molecule has 0 atom stereocenters. The molecule has 0 N–H and O–H groups in total. The average molecular weight is 348 g/mol. The summed E-state index contributed by atoms with van der Waals surface area (Å²) in [6, 6.07) is 12.4. The van der Waals surface area contributed by atoms with Crippen molar-refractivity contribution >= 4 is 22.0 Å². The van der Waals surface area contributed by atoms with Crippen LogP contribution in [0.2, 0.25) is 14.8 Å². The van der Waals surface area contributed by atoms with Gasteiger partial charge in [0.15, 0.2) is 0 Å². The quantitative estimate of drug-likeness (QED) is 0.792. The van der Waals surface area contributed by atoms with Gasteiger partial charge in [-0.15, -0.1) is 0 Å². The van der Waals surface area contributed by atoms with Crippen LogP contribution in [0, 0.1) is 0 Å². The van der Waals surface area contributed by atoms with E-state index in [1.165, 1.54) is 9.14 Å². The van der Waals surface area contributed by atoms with Crippen LogP contribution >= 0.6 is 0 Å². The van der Waals surface area contributed by atoms with Crippen molar-refractivity contribution in [3.8, 4) is 5.75 Å². The zero-order valence-electron chi connectivity index (χ0n) is 11.2. The third kappa shape index (κ3) is 3.73. The first-order valence-corrected chi connectivity index (χ1v) is 16.2. The third-order valence-corrected chi connectivity index (χ3v) is 8.55. The van der Waals surface area contributed by atoms with Crippen molar-refractivity contribution < 1.29 is 4.74 Å². The molecule has 0 saturated heterocycles. The molecule has 94 valence electrons. The van der Waals surface area contributed by atoms with E-state index < -0.39 is 18.4 Å². The summed E-state index contributed by atoms with van der Waals surface area (Å²) in [4.78, 5) is 11.4. The van der Waals surface area contributed by atoms with E-state index in [1.807, 2.05) is 24.4 Å². The Kier molecular flexibility index (Phi) is 4.27.